The largest absolute Gasteiger partial charge is 0.481 e. The van der Waals surface area contributed by atoms with Crippen LogP contribution in [0.4, 0.5) is 0 Å². The lowest BCUT2D eigenvalue weighted by Gasteiger charge is -2.30. The van der Waals surface area contributed by atoms with E-state index in [1.54, 1.807) is 0 Å². The number of fused-ring (bicyclic) bond motifs is 1. The van der Waals surface area contributed by atoms with Crippen LogP contribution in [0.2, 0.25) is 0 Å². The third kappa shape index (κ3) is 6.94. The summed E-state index contributed by atoms with van der Waals surface area (Å²) in [5.41, 5.74) is 4.96. The number of aliphatic carboxylic acids is 1. The zero-order chi connectivity index (χ0) is 19.6. The van der Waals surface area contributed by atoms with Gasteiger partial charge in [0.05, 0.1) is 25.2 Å². The molecule has 0 heterocycles. The van der Waals surface area contributed by atoms with Crippen molar-refractivity contribution in [3.8, 4) is 0 Å². The second kappa shape index (κ2) is 11.5. The van der Waals surface area contributed by atoms with E-state index in [1.807, 2.05) is 12.2 Å². The molecule has 0 amide bonds. The van der Waals surface area contributed by atoms with Crippen molar-refractivity contribution in [2.24, 2.45) is 11.8 Å². The van der Waals surface area contributed by atoms with E-state index in [2.05, 4.69) is 12.4 Å². The molecule has 1 saturated carbocycles. The van der Waals surface area contributed by atoms with Crippen molar-refractivity contribution in [1.29, 1.82) is 0 Å². The highest BCUT2D eigenvalue weighted by molar-refractivity contribution is 5.66. The summed E-state index contributed by atoms with van der Waals surface area (Å²) in [6, 6.07) is 0. The van der Waals surface area contributed by atoms with Gasteiger partial charge in [-0.3, -0.25) is 15.1 Å². The number of carboxylic acid groups (broad SMARTS) is 1. The van der Waals surface area contributed by atoms with Crippen molar-refractivity contribution >= 4 is 5.97 Å². The number of rotatable bonds is 14. The lowest BCUT2D eigenvalue weighted by molar-refractivity contribution is -0.138. The third-order valence-corrected chi connectivity index (χ3v) is 5.61. The van der Waals surface area contributed by atoms with Crippen molar-refractivity contribution in [2.45, 2.75) is 83.3 Å². The van der Waals surface area contributed by atoms with E-state index >= 15 is 0 Å². The number of aliphatic hydroxyl groups is 2. The van der Waals surface area contributed by atoms with E-state index in [9.17, 15) is 15.0 Å². The Morgan fingerprint density at radius 3 is 2.74 bits per heavy atom. The van der Waals surface area contributed by atoms with Crippen molar-refractivity contribution in [2.75, 3.05) is 6.61 Å². The van der Waals surface area contributed by atoms with Gasteiger partial charge in [-0.1, -0.05) is 57.6 Å². The standard InChI is InChI=1S/C21H35NO5/c1-2-3-4-5-6-7-8-16(23)10-9-15-13-17-18(21(15)26)14-19(17)22-27-12-11-20(24)25/h9-10,15-16,18,21-23,26H,2-8,11-14H2,1H3,(H,24,25)/t15?,16?,18-,21?/m1/s1. The lowest BCUT2D eigenvalue weighted by atomic mass is 9.83. The Hall–Kier alpha value is -1.37. The maximum Gasteiger partial charge on any atom is 0.305 e. The highest BCUT2D eigenvalue weighted by Gasteiger charge is 2.45. The van der Waals surface area contributed by atoms with Crippen LogP contribution in [0.5, 0.6) is 0 Å². The molecular weight excluding hydrogens is 346 g/mol. The minimum Gasteiger partial charge on any atom is -0.481 e. The Labute approximate surface area is 162 Å². The zero-order valence-corrected chi connectivity index (χ0v) is 16.4. The van der Waals surface area contributed by atoms with E-state index < -0.39 is 18.2 Å². The van der Waals surface area contributed by atoms with Gasteiger partial charge in [-0.05, 0) is 24.8 Å². The third-order valence-electron chi connectivity index (χ3n) is 5.61. The number of unbranched alkanes of at least 4 members (excludes halogenated alkanes) is 5. The summed E-state index contributed by atoms with van der Waals surface area (Å²) in [6.45, 7) is 2.33. The first kappa shape index (κ1) is 21.9. The molecule has 0 spiro atoms. The first-order valence-electron chi connectivity index (χ1n) is 10.4. The number of aliphatic hydroxyl groups excluding tert-OH is 2. The number of hydrogen-bond acceptors (Lipinski definition) is 5. The van der Waals surface area contributed by atoms with Gasteiger partial charge in [-0.2, -0.15) is 0 Å². The first-order valence-corrected chi connectivity index (χ1v) is 10.4. The molecule has 154 valence electrons. The molecule has 2 aliphatic carbocycles. The predicted molar refractivity (Wildman–Crippen MR) is 104 cm³/mol. The normalized spacial score (nSPS) is 25.5. The number of allylic oxidation sites excluding steroid dienone is 1. The fraction of sp³-hybridized carbons (Fsp3) is 0.762. The van der Waals surface area contributed by atoms with Crippen LogP contribution < -0.4 is 5.48 Å². The number of carbonyl (C=O) groups is 1. The second-order valence-electron chi connectivity index (χ2n) is 7.78. The van der Waals surface area contributed by atoms with Crippen LogP contribution in [0.15, 0.2) is 23.4 Å². The second-order valence-corrected chi connectivity index (χ2v) is 7.78. The number of hydroxylamine groups is 1. The Bertz CT molecular complexity index is 531. The molecule has 0 radical (unpaired) electrons. The van der Waals surface area contributed by atoms with E-state index in [-0.39, 0.29) is 24.9 Å². The molecule has 2 aliphatic rings. The van der Waals surface area contributed by atoms with Gasteiger partial charge in [-0.15, -0.1) is 0 Å². The van der Waals surface area contributed by atoms with Crippen LogP contribution >= 0.6 is 0 Å². The van der Waals surface area contributed by atoms with Crippen molar-refractivity contribution in [3.63, 3.8) is 0 Å². The summed E-state index contributed by atoms with van der Waals surface area (Å²) in [5.74, 6) is -0.703. The van der Waals surface area contributed by atoms with Gasteiger partial charge in [0.15, 0.2) is 0 Å². The maximum atomic E-state index is 10.5. The van der Waals surface area contributed by atoms with Crippen LogP contribution in [-0.2, 0) is 9.63 Å². The minimum absolute atomic E-state index is 0.0301. The molecule has 1 fully saturated rings. The average molecular weight is 382 g/mol. The molecular formula is C21H35NO5. The SMILES string of the molecule is CCCCCCCCC(O)C=CC1CC2=C(NOCCC(=O)O)C[C@H]2C1O. The van der Waals surface area contributed by atoms with E-state index in [0.717, 1.165) is 37.0 Å². The van der Waals surface area contributed by atoms with Gasteiger partial charge in [0, 0.05) is 17.5 Å². The number of carboxylic acids is 1. The smallest absolute Gasteiger partial charge is 0.305 e. The van der Waals surface area contributed by atoms with Crippen LogP contribution in [0.3, 0.4) is 0 Å². The monoisotopic (exact) mass is 381 g/mol. The van der Waals surface area contributed by atoms with Crippen molar-refractivity contribution in [3.05, 3.63) is 23.4 Å². The quantitative estimate of drug-likeness (QED) is 0.209. The molecule has 2 rings (SSSR count). The Kier molecular flexibility index (Phi) is 9.31. The molecule has 3 unspecified atom stereocenters. The summed E-state index contributed by atoms with van der Waals surface area (Å²) in [6.07, 6.45) is 12.4. The summed E-state index contributed by atoms with van der Waals surface area (Å²) in [4.78, 5) is 15.6. The molecule has 0 aromatic heterocycles. The molecule has 0 bridgehead atoms. The molecule has 4 N–H and O–H groups in total. The molecule has 6 nitrogen and oxygen atoms in total. The first-order chi connectivity index (χ1) is 13.0. The van der Waals surface area contributed by atoms with E-state index in [4.69, 9.17) is 9.94 Å². The van der Waals surface area contributed by atoms with E-state index in [1.165, 1.54) is 32.1 Å². The van der Waals surface area contributed by atoms with Gasteiger partial charge in [0.2, 0.25) is 0 Å². The van der Waals surface area contributed by atoms with Gasteiger partial charge < -0.3 is 15.3 Å². The number of hydrogen-bond donors (Lipinski definition) is 4. The van der Waals surface area contributed by atoms with Gasteiger partial charge in [0.25, 0.3) is 0 Å². The molecule has 0 saturated heterocycles. The van der Waals surface area contributed by atoms with Crippen LogP contribution in [0.25, 0.3) is 0 Å². The van der Waals surface area contributed by atoms with Crippen LogP contribution in [0, 0.1) is 11.8 Å². The zero-order valence-electron chi connectivity index (χ0n) is 16.4. The van der Waals surface area contributed by atoms with Crippen molar-refractivity contribution < 1.29 is 25.0 Å². The lowest BCUT2D eigenvalue weighted by Crippen LogP contribution is -2.32. The van der Waals surface area contributed by atoms with Crippen LogP contribution in [-0.4, -0.2) is 40.1 Å². The molecule has 0 aromatic rings. The fourth-order valence-corrected chi connectivity index (χ4v) is 3.91. The highest BCUT2D eigenvalue weighted by Crippen LogP contribution is 2.48. The molecule has 27 heavy (non-hydrogen) atoms. The minimum atomic E-state index is -0.887. The molecule has 0 aromatic carbocycles. The molecule has 6 heteroatoms. The summed E-state index contributed by atoms with van der Waals surface area (Å²) in [7, 11) is 0. The average Bonchev–Trinajstić information content (AvgIpc) is 2.86. The van der Waals surface area contributed by atoms with Crippen molar-refractivity contribution in [1.82, 2.24) is 5.48 Å². The topological polar surface area (TPSA) is 99.0 Å². The molecule has 0 aliphatic heterocycles. The summed E-state index contributed by atoms with van der Waals surface area (Å²) in [5, 5.41) is 29.2. The highest BCUT2D eigenvalue weighted by atomic mass is 16.6. The number of nitrogens with one attached hydrogen (secondary N) is 1. The van der Waals surface area contributed by atoms with E-state index in [0.29, 0.717) is 0 Å². The fourth-order valence-electron chi connectivity index (χ4n) is 3.91. The Balaban J connectivity index is 1.67. The van der Waals surface area contributed by atoms with Gasteiger partial charge in [0.1, 0.15) is 0 Å². The Morgan fingerprint density at radius 1 is 1.26 bits per heavy atom. The van der Waals surface area contributed by atoms with Gasteiger partial charge >= 0.3 is 5.97 Å². The summed E-state index contributed by atoms with van der Waals surface area (Å²) < 4.78 is 0. The predicted octanol–water partition coefficient (Wildman–Crippen LogP) is 3.30. The van der Waals surface area contributed by atoms with Gasteiger partial charge in [-0.25, -0.2) is 0 Å². The summed E-state index contributed by atoms with van der Waals surface area (Å²) >= 11 is 0. The molecule has 4 atom stereocenters. The maximum absolute atomic E-state index is 10.5. The van der Waals surface area contributed by atoms with Crippen LogP contribution in [0.1, 0.15) is 71.1 Å². The Morgan fingerprint density at radius 2 is 2.00 bits per heavy atom.